The summed E-state index contributed by atoms with van der Waals surface area (Å²) < 4.78 is 2.12. The van der Waals surface area contributed by atoms with Crippen LogP contribution in [0, 0.1) is 0 Å². The van der Waals surface area contributed by atoms with E-state index >= 15 is 0 Å². The maximum absolute atomic E-state index is 6.00. The fourth-order valence-corrected chi connectivity index (χ4v) is 2.59. The zero-order chi connectivity index (χ0) is 15.9. The molecule has 0 amide bonds. The van der Waals surface area contributed by atoms with E-state index < -0.39 is 0 Å². The van der Waals surface area contributed by atoms with Gasteiger partial charge in [0.2, 0.25) is 0 Å². The van der Waals surface area contributed by atoms with E-state index in [-0.39, 0.29) is 24.0 Å². The summed E-state index contributed by atoms with van der Waals surface area (Å²) in [4.78, 5) is 6.46. The number of rotatable bonds is 5. The average Bonchev–Trinajstić information content (AvgIpc) is 2.89. The lowest BCUT2D eigenvalue weighted by atomic mass is 10.1. The fraction of sp³-hybridized carbons (Fsp3) is 0.353. The van der Waals surface area contributed by atoms with Crippen molar-refractivity contribution in [2.24, 2.45) is 12.0 Å². The van der Waals surface area contributed by atoms with Gasteiger partial charge in [-0.3, -0.25) is 4.99 Å². The van der Waals surface area contributed by atoms with Crippen LogP contribution in [0.5, 0.6) is 0 Å². The second kappa shape index (κ2) is 9.82. The summed E-state index contributed by atoms with van der Waals surface area (Å²) in [6.07, 6.45) is 2.97. The van der Waals surface area contributed by atoms with Crippen molar-refractivity contribution in [2.75, 3.05) is 20.6 Å². The van der Waals surface area contributed by atoms with Crippen molar-refractivity contribution in [1.29, 1.82) is 0 Å². The Morgan fingerprint density at radius 3 is 2.70 bits per heavy atom. The number of nitrogens with one attached hydrogen (secondary N) is 1. The van der Waals surface area contributed by atoms with Gasteiger partial charge in [0.05, 0.1) is 6.54 Å². The van der Waals surface area contributed by atoms with Gasteiger partial charge in [-0.05, 0) is 36.2 Å². The van der Waals surface area contributed by atoms with Crippen LogP contribution >= 0.6 is 35.6 Å². The Balaban J connectivity index is 0.00000264. The summed E-state index contributed by atoms with van der Waals surface area (Å²) in [6.45, 7) is 1.64. The SMILES string of the molecule is CN=C(NCCc1cccc(Cl)c1)N(C)Cc1cccn1C.I. The van der Waals surface area contributed by atoms with Gasteiger partial charge in [-0.1, -0.05) is 23.7 Å². The Bertz CT molecular complexity index is 639. The molecule has 0 aliphatic rings. The lowest BCUT2D eigenvalue weighted by molar-refractivity contribution is 0.462. The second-order valence-corrected chi connectivity index (χ2v) is 5.76. The summed E-state index contributed by atoms with van der Waals surface area (Å²) >= 11 is 6.00. The van der Waals surface area contributed by atoms with Gasteiger partial charge in [0, 0.05) is 44.6 Å². The number of hydrogen-bond acceptors (Lipinski definition) is 1. The fourth-order valence-electron chi connectivity index (χ4n) is 2.37. The van der Waals surface area contributed by atoms with Gasteiger partial charge < -0.3 is 14.8 Å². The lowest BCUT2D eigenvalue weighted by Gasteiger charge is -2.22. The summed E-state index contributed by atoms with van der Waals surface area (Å²) in [7, 11) is 5.91. The van der Waals surface area contributed by atoms with E-state index in [2.05, 4.69) is 51.2 Å². The molecule has 1 heterocycles. The third-order valence-electron chi connectivity index (χ3n) is 3.61. The highest BCUT2D eigenvalue weighted by molar-refractivity contribution is 14.0. The number of halogens is 2. The quantitative estimate of drug-likeness (QED) is 0.433. The molecule has 6 heteroatoms. The maximum atomic E-state index is 6.00. The minimum atomic E-state index is 0. The number of benzene rings is 1. The van der Waals surface area contributed by atoms with Crippen LogP contribution < -0.4 is 5.32 Å². The molecule has 1 N–H and O–H groups in total. The molecule has 1 aromatic carbocycles. The Labute approximate surface area is 160 Å². The molecule has 0 fully saturated rings. The molecule has 0 saturated heterocycles. The molecule has 0 atom stereocenters. The molecule has 2 rings (SSSR count). The van der Waals surface area contributed by atoms with Gasteiger partial charge in [-0.15, -0.1) is 24.0 Å². The number of aliphatic imine (C=N–C) groups is 1. The van der Waals surface area contributed by atoms with E-state index in [1.54, 1.807) is 0 Å². The Hall–Kier alpha value is -1.21. The zero-order valence-electron chi connectivity index (χ0n) is 13.8. The highest BCUT2D eigenvalue weighted by atomic mass is 127. The van der Waals surface area contributed by atoms with Crippen molar-refractivity contribution in [1.82, 2.24) is 14.8 Å². The molecule has 0 radical (unpaired) electrons. The molecule has 0 saturated carbocycles. The van der Waals surface area contributed by atoms with Crippen molar-refractivity contribution < 1.29 is 0 Å². The van der Waals surface area contributed by atoms with E-state index in [4.69, 9.17) is 11.6 Å². The van der Waals surface area contributed by atoms with Crippen LogP contribution in [0.1, 0.15) is 11.3 Å². The predicted octanol–water partition coefficient (Wildman–Crippen LogP) is 3.55. The molecule has 23 heavy (non-hydrogen) atoms. The first-order valence-corrected chi connectivity index (χ1v) is 7.74. The second-order valence-electron chi connectivity index (χ2n) is 5.32. The number of aromatic nitrogens is 1. The molecule has 0 aliphatic heterocycles. The van der Waals surface area contributed by atoms with E-state index in [9.17, 15) is 0 Å². The average molecular weight is 447 g/mol. The van der Waals surface area contributed by atoms with Gasteiger partial charge in [-0.2, -0.15) is 0 Å². The van der Waals surface area contributed by atoms with E-state index in [1.165, 1.54) is 11.3 Å². The molecule has 0 unspecified atom stereocenters. The minimum Gasteiger partial charge on any atom is -0.356 e. The highest BCUT2D eigenvalue weighted by Gasteiger charge is 2.08. The maximum Gasteiger partial charge on any atom is 0.193 e. The highest BCUT2D eigenvalue weighted by Crippen LogP contribution is 2.10. The number of aryl methyl sites for hydroxylation is 1. The van der Waals surface area contributed by atoms with Crippen LogP contribution in [-0.4, -0.2) is 36.1 Å². The van der Waals surface area contributed by atoms with Crippen LogP contribution in [0.4, 0.5) is 0 Å². The van der Waals surface area contributed by atoms with Crippen LogP contribution in [0.2, 0.25) is 5.02 Å². The van der Waals surface area contributed by atoms with Crippen molar-refractivity contribution in [3.05, 3.63) is 58.9 Å². The normalized spacial score (nSPS) is 11.0. The third kappa shape index (κ3) is 6.06. The van der Waals surface area contributed by atoms with Crippen molar-refractivity contribution >= 4 is 41.5 Å². The number of nitrogens with zero attached hydrogens (tertiary/aromatic N) is 3. The third-order valence-corrected chi connectivity index (χ3v) is 3.84. The first-order valence-electron chi connectivity index (χ1n) is 7.36. The van der Waals surface area contributed by atoms with Crippen molar-refractivity contribution in [2.45, 2.75) is 13.0 Å². The molecule has 0 spiro atoms. The van der Waals surface area contributed by atoms with Crippen LogP contribution in [0.25, 0.3) is 0 Å². The van der Waals surface area contributed by atoms with E-state index in [0.717, 1.165) is 30.5 Å². The largest absolute Gasteiger partial charge is 0.356 e. The first kappa shape index (κ1) is 19.8. The van der Waals surface area contributed by atoms with Gasteiger partial charge in [-0.25, -0.2) is 0 Å². The van der Waals surface area contributed by atoms with Gasteiger partial charge in [0.1, 0.15) is 0 Å². The molecular weight excluding hydrogens is 423 g/mol. The summed E-state index contributed by atoms with van der Waals surface area (Å²) in [5.41, 5.74) is 2.47. The van der Waals surface area contributed by atoms with Crippen LogP contribution in [0.3, 0.4) is 0 Å². The lowest BCUT2D eigenvalue weighted by Crippen LogP contribution is -2.39. The number of guanidine groups is 1. The summed E-state index contributed by atoms with van der Waals surface area (Å²) in [5.74, 6) is 0.892. The molecule has 1 aromatic heterocycles. The Morgan fingerprint density at radius 2 is 2.09 bits per heavy atom. The predicted molar refractivity (Wildman–Crippen MR) is 109 cm³/mol. The first-order chi connectivity index (χ1) is 10.6. The monoisotopic (exact) mass is 446 g/mol. The summed E-state index contributed by atoms with van der Waals surface area (Å²) in [6, 6.07) is 12.1. The molecular formula is C17H24ClIN4. The molecule has 126 valence electrons. The van der Waals surface area contributed by atoms with E-state index in [0.29, 0.717) is 0 Å². The zero-order valence-corrected chi connectivity index (χ0v) is 16.9. The van der Waals surface area contributed by atoms with Crippen LogP contribution in [-0.2, 0) is 20.0 Å². The van der Waals surface area contributed by atoms with E-state index in [1.807, 2.05) is 32.3 Å². The molecule has 4 nitrogen and oxygen atoms in total. The topological polar surface area (TPSA) is 32.6 Å². The van der Waals surface area contributed by atoms with Crippen molar-refractivity contribution in [3.63, 3.8) is 0 Å². The smallest absolute Gasteiger partial charge is 0.193 e. The standard InChI is InChI=1S/C17H23ClN4.HI/c1-19-17(22(3)13-16-8-5-11-21(16)2)20-10-9-14-6-4-7-15(18)12-14;/h4-8,11-12H,9-10,13H2,1-3H3,(H,19,20);1H. The van der Waals surface area contributed by atoms with Gasteiger partial charge >= 0.3 is 0 Å². The molecule has 0 bridgehead atoms. The van der Waals surface area contributed by atoms with Crippen molar-refractivity contribution in [3.8, 4) is 0 Å². The Kier molecular flexibility index (Phi) is 8.47. The van der Waals surface area contributed by atoms with Gasteiger partial charge in [0.15, 0.2) is 5.96 Å². The molecule has 2 aromatic rings. The number of hydrogen-bond donors (Lipinski definition) is 1. The summed E-state index contributed by atoms with van der Waals surface area (Å²) in [5, 5.41) is 4.17. The minimum absolute atomic E-state index is 0. The Morgan fingerprint density at radius 1 is 1.30 bits per heavy atom. The van der Waals surface area contributed by atoms with Crippen LogP contribution in [0.15, 0.2) is 47.6 Å². The molecule has 0 aliphatic carbocycles. The van der Waals surface area contributed by atoms with Gasteiger partial charge in [0.25, 0.3) is 0 Å².